The largest absolute Gasteiger partial charge is 0.478 e. The van der Waals surface area contributed by atoms with Gasteiger partial charge in [-0.3, -0.25) is 4.90 Å². The van der Waals surface area contributed by atoms with Gasteiger partial charge in [0.05, 0.1) is 5.56 Å². The van der Waals surface area contributed by atoms with Crippen LogP contribution in [0.3, 0.4) is 0 Å². The smallest absolute Gasteiger partial charge is 0.335 e. The molecule has 0 aliphatic rings. The first-order valence-electron chi connectivity index (χ1n) is 6.30. The molecule has 104 valence electrons. The summed E-state index contributed by atoms with van der Waals surface area (Å²) in [6.07, 6.45) is 0. The Morgan fingerprint density at radius 3 is 1.90 bits per heavy atom. The van der Waals surface area contributed by atoms with E-state index in [0.29, 0.717) is 13.1 Å². The Morgan fingerprint density at radius 2 is 1.45 bits per heavy atom. The molecule has 0 heterocycles. The van der Waals surface area contributed by atoms with Crippen LogP contribution in [0.2, 0.25) is 0 Å². The van der Waals surface area contributed by atoms with Crippen molar-refractivity contribution in [1.82, 2.24) is 4.90 Å². The zero-order valence-electron chi connectivity index (χ0n) is 11.2. The van der Waals surface area contributed by atoms with Crippen LogP contribution in [0.1, 0.15) is 21.5 Å². The lowest BCUT2D eigenvalue weighted by Gasteiger charge is -2.17. The molecule has 1 N–H and O–H groups in total. The summed E-state index contributed by atoms with van der Waals surface area (Å²) in [5.41, 5.74) is 2.37. The van der Waals surface area contributed by atoms with Gasteiger partial charge in [0, 0.05) is 13.1 Å². The third-order valence-corrected chi connectivity index (χ3v) is 3.02. The second-order valence-electron chi connectivity index (χ2n) is 4.80. The first-order chi connectivity index (χ1) is 9.54. The number of hydrogen-bond donors (Lipinski definition) is 1. The van der Waals surface area contributed by atoms with E-state index in [-0.39, 0.29) is 11.4 Å². The molecule has 0 aliphatic carbocycles. The topological polar surface area (TPSA) is 40.5 Å². The van der Waals surface area contributed by atoms with Gasteiger partial charge in [0.2, 0.25) is 0 Å². The zero-order valence-corrected chi connectivity index (χ0v) is 11.2. The van der Waals surface area contributed by atoms with Crippen molar-refractivity contribution in [3.8, 4) is 0 Å². The van der Waals surface area contributed by atoms with Crippen LogP contribution in [0.4, 0.5) is 4.39 Å². The van der Waals surface area contributed by atoms with Crippen molar-refractivity contribution in [3.05, 3.63) is 71.0 Å². The molecule has 0 fully saturated rings. The molecule has 0 unspecified atom stereocenters. The van der Waals surface area contributed by atoms with Crippen molar-refractivity contribution in [3.63, 3.8) is 0 Å². The zero-order chi connectivity index (χ0) is 14.5. The summed E-state index contributed by atoms with van der Waals surface area (Å²) in [5.74, 6) is -1.16. The molecule has 0 aliphatic heterocycles. The molecule has 0 atom stereocenters. The minimum absolute atomic E-state index is 0.235. The molecule has 20 heavy (non-hydrogen) atoms. The van der Waals surface area contributed by atoms with Crippen molar-refractivity contribution in [1.29, 1.82) is 0 Å². The van der Waals surface area contributed by atoms with E-state index < -0.39 is 5.97 Å². The van der Waals surface area contributed by atoms with E-state index >= 15 is 0 Å². The van der Waals surface area contributed by atoms with Gasteiger partial charge in [0.1, 0.15) is 5.82 Å². The molecule has 4 heteroatoms. The maximum Gasteiger partial charge on any atom is 0.335 e. The molecule has 0 saturated carbocycles. The standard InChI is InChI=1S/C16H16FNO2/c1-18(11-13-4-8-15(17)9-5-13)10-12-2-6-14(7-3-12)16(19)20/h2-9H,10-11H2,1H3,(H,19,20). The fraction of sp³-hybridized carbons (Fsp3) is 0.188. The fourth-order valence-electron chi connectivity index (χ4n) is 2.02. The molecule has 2 aromatic rings. The summed E-state index contributed by atoms with van der Waals surface area (Å²) < 4.78 is 12.8. The highest BCUT2D eigenvalue weighted by Gasteiger charge is 2.05. The van der Waals surface area contributed by atoms with Crippen LogP contribution < -0.4 is 0 Å². The van der Waals surface area contributed by atoms with E-state index in [9.17, 15) is 9.18 Å². The number of halogens is 1. The number of carboxylic acids is 1. The lowest BCUT2D eigenvalue weighted by molar-refractivity contribution is 0.0697. The molecule has 0 radical (unpaired) electrons. The quantitative estimate of drug-likeness (QED) is 0.909. The predicted octanol–water partition coefficient (Wildman–Crippen LogP) is 3.16. The average Bonchev–Trinajstić information content (AvgIpc) is 2.42. The van der Waals surface area contributed by atoms with Gasteiger partial charge in [-0.25, -0.2) is 9.18 Å². The second-order valence-corrected chi connectivity index (χ2v) is 4.80. The Labute approximate surface area is 117 Å². The van der Waals surface area contributed by atoms with Crippen LogP contribution >= 0.6 is 0 Å². The molecule has 2 rings (SSSR count). The minimum atomic E-state index is -0.920. The number of carbonyl (C=O) groups is 1. The van der Waals surface area contributed by atoms with Gasteiger partial charge in [-0.2, -0.15) is 0 Å². The summed E-state index contributed by atoms with van der Waals surface area (Å²) in [4.78, 5) is 12.8. The summed E-state index contributed by atoms with van der Waals surface area (Å²) in [7, 11) is 1.97. The SMILES string of the molecule is CN(Cc1ccc(F)cc1)Cc1ccc(C(=O)O)cc1. The number of nitrogens with zero attached hydrogens (tertiary/aromatic N) is 1. The molecular formula is C16H16FNO2. The number of rotatable bonds is 5. The van der Waals surface area contributed by atoms with Crippen molar-refractivity contribution in [2.75, 3.05) is 7.05 Å². The monoisotopic (exact) mass is 273 g/mol. The van der Waals surface area contributed by atoms with E-state index in [1.807, 2.05) is 19.2 Å². The van der Waals surface area contributed by atoms with E-state index in [4.69, 9.17) is 5.11 Å². The molecule has 0 saturated heterocycles. The number of carboxylic acid groups (broad SMARTS) is 1. The third kappa shape index (κ3) is 3.90. The van der Waals surface area contributed by atoms with Crippen LogP contribution in [0.15, 0.2) is 48.5 Å². The van der Waals surface area contributed by atoms with Crippen LogP contribution in [0.25, 0.3) is 0 Å². The second kappa shape index (κ2) is 6.30. The van der Waals surface area contributed by atoms with Gasteiger partial charge in [-0.15, -0.1) is 0 Å². The number of hydrogen-bond acceptors (Lipinski definition) is 2. The van der Waals surface area contributed by atoms with Crippen molar-refractivity contribution in [2.45, 2.75) is 13.1 Å². The molecule has 2 aromatic carbocycles. The van der Waals surface area contributed by atoms with E-state index in [0.717, 1.165) is 11.1 Å². The summed E-state index contributed by atoms with van der Waals surface area (Å²) >= 11 is 0. The van der Waals surface area contributed by atoms with Crippen molar-refractivity contribution >= 4 is 5.97 Å². The molecule has 3 nitrogen and oxygen atoms in total. The first kappa shape index (κ1) is 14.2. The Kier molecular flexibility index (Phi) is 4.48. The van der Waals surface area contributed by atoms with Crippen molar-refractivity contribution in [2.24, 2.45) is 0 Å². The summed E-state index contributed by atoms with van der Waals surface area (Å²) in [6.45, 7) is 1.41. The maximum absolute atomic E-state index is 12.8. The van der Waals surface area contributed by atoms with E-state index in [1.54, 1.807) is 24.3 Å². The molecular weight excluding hydrogens is 257 g/mol. The molecule has 0 bridgehead atoms. The van der Waals surface area contributed by atoms with Gasteiger partial charge >= 0.3 is 5.97 Å². The maximum atomic E-state index is 12.8. The van der Waals surface area contributed by atoms with Crippen molar-refractivity contribution < 1.29 is 14.3 Å². The highest BCUT2D eigenvalue weighted by Crippen LogP contribution is 2.10. The summed E-state index contributed by atoms with van der Waals surface area (Å²) in [6, 6.07) is 13.2. The Bertz CT molecular complexity index is 578. The normalized spacial score (nSPS) is 10.8. The Balaban J connectivity index is 1.95. The van der Waals surface area contributed by atoms with Gasteiger partial charge < -0.3 is 5.11 Å². The first-order valence-corrected chi connectivity index (χ1v) is 6.30. The number of benzene rings is 2. The molecule has 0 aromatic heterocycles. The van der Waals surface area contributed by atoms with Crippen LogP contribution in [0, 0.1) is 5.82 Å². The molecule has 0 spiro atoms. The van der Waals surface area contributed by atoms with Gasteiger partial charge in [0.25, 0.3) is 0 Å². The fourth-order valence-corrected chi connectivity index (χ4v) is 2.02. The summed E-state index contributed by atoms with van der Waals surface area (Å²) in [5, 5.41) is 8.83. The highest BCUT2D eigenvalue weighted by atomic mass is 19.1. The minimum Gasteiger partial charge on any atom is -0.478 e. The predicted molar refractivity (Wildman–Crippen MR) is 75.0 cm³/mol. The van der Waals surface area contributed by atoms with Gasteiger partial charge in [0.15, 0.2) is 0 Å². The van der Waals surface area contributed by atoms with Crippen LogP contribution in [-0.4, -0.2) is 23.0 Å². The van der Waals surface area contributed by atoms with E-state index in [1.165, 1.54) is 12.1 Å². The highest BCUT2D eigenvalue weighted by molar-refractivity contribution is 5.87. The number of aromatic carboxylic acids is 1. The van der Waals surface area contributed by atoms with E-state index in [2.05, 4.69) is 4.90 Å². The Morgan fingerprint density at radius 1 is 1.00 bits per heavy atom. The van der Waals surface area contributed by atoms with Gasteiger partial charge in [-0.1, -0.05) is 24.3 Å². The van der Waals surface area contributed by atoms with Gasteiger partial charge in [-0.05, 0) is 42.4 Å². The lowest BCUT2D eigenvalue weighted by atomic mass is 10.1. The van der Waals surface area contributed by atoms with Crippen LogP contribution in [0.5, 0.6) is 0 Å². The van der Waals surface area contributed by atoms with Crippen LogP contribution in [-0.2, 0) is 13.1 Å². The molecule has 0 amide bonds. The lowest BCUT2D eigenvalue weighted by Crippen LogP contribution is -2.17. The third-order valence-electron chi connectivity index (χ3n) is 3.02. The average molecular weight is 273 g/mol. The Hall–Kier alpha value is -2.20.